The van der Waals surface area contributed by atoms with Crippen LogP contribution in [0, 0.1) is 6.92 Å². The highest BCUT2D eigenvalue weighted by Crippen LogP contribution is 2.15. The summed E-state index contributed by atoms with van der Waals surface area (Å²) in [6.07, 6.45) is 0. The number of hydrogen-bond acceptors (Lipinski definition) is 2. The summed E-state index contributed by atoms with van der Waals surface area (Å²) >= 11 is 0. The number of carbonyl (C=O) groups excluding carboxylic acids is 2. The van der Waals surface area contributed by atoms with Crippen molar-refractivity contribution in [1.82, 2.24) is 5.43 Å². The van der Waals surface area contributed by atoms with Gasteiger partial charge >= 0.3 is 0 Å². The molecule has 25 heavy (non-hydrogen) atoms. The molecule has 0 bridgehead atoms. The summed E-state index contributed by atoms with van der Waals surface area (Å²) in [5.74, 6) is -0.639. The van der Waals surface area contributed by atoms with Crippen LogP contribution in [0.3, 0.4) is 0 Å². The molecule has 2 amide bonds. The van der Waals surface area contributed by atoms with Crippen LogP contribution in [0.2, 0.25) is 0 Å². The highest BCUT2D eigenvalue weighted by Gasteiger charge is 2.20. The van der Waals surface area contributed by atoms with Crippen LogP contribution in [0.1, 0.15) is 26.3 Å². The third-order valence-electron chi connectivity index (χ3n) is 3.77. The van der Waals surface area contributed by atoms with Crippen molar-refractivity contribution in [3.8, 4) is 0 Å². The molecule has 3 aromatic carbocycles. The van der Waals surface area contributed by atoms with Gasteiger partial charge < -0.3 is 0 Å². The van der Waals surface area contributed by atoms with Gasteiger partial charge in [-0.15, -0.1) is 0 Å². The fraction of sp³-hybridized carbons (Fsp3) is 0.0476. The highest BCUT2D eigenvalue weighted by molar-refractivity contribution is 6.09. The molecule has 4 heteroatoms. The molecule has 0 aliphatic rings. The standard InChI is InChI=1S/C21H18N2O2/c1-16-12-14-17(15-13-16)20(24)22-23(19-10-6-3-7-11-19)21(25)18-8-4-2-5-9-18/h2-15H,1H3,(H,22,24). The second-order valence-electron chi connectivity index (χ2n) is 5.65. The molecule has 0 spiro atoms. The number of rotatable bonds is 3. The van der Waals surface area contributed by atoms with Crippen LogP contribution >= 0.6 is 0 Å². The zero-order valence-electron chi connectivity index (χ0n) is 13.8. The lowest BCUT2D eigenvalue weighted by Crippen LogP contribution is -2.46. The van der Waals surface area contributed by atoms with E-state index in [1.165, 1.54) is 5.01 Å². The quantitative estimate of drug-likeness (QED) is 0.738. The Morgan fingerprint density at radius 2 is 1.28 bits per heavy atom. The number of para-hydroxylation sites is 1. The molecule has 0 aliphatic carbocycles. The van der Waals surface area contributed by atoms with Gasteiger partial charge in [0.25, 0.3) is 11.8 Å². The Morgan fingerprint density at radius 3 is 1.88 bits per heavy atom. The van der Waals surface area contributed by atoms with Gasteiger partial charge in [0, 0.05) is 11.1 Å². The average Bonchev–Trinajstić information content (AvgIpc) is 2.67. The largest absolute Gasteiger partial charge is 0.277 e. The molecule has 0 unspecified atom stereocenters. The Labute approximate surface area is 146 Å². The van der Waals surface area contributed by atoms with Crippen molar-refractivity contribution < 1.29 is 9.59 Å². The molecule has 1 N–H and O–H groups in total. The molecule has 0 aliphatic heterocycles. The van der Waals surface area contributed by atoms with E-state index in [1.807, 2.05) is 43.3 Å². The van der Waals surface area contributed by atoms with Crippen molar-refractivity contribution in [2.75, 3.05) is 5.01 Å². The Balaban J connectivity index is 1.90. The van der Waals surface area contributed by atoms with Gasteiger partial charge in [0.15, 0.2) is 0 Å². The minimum absolute atomic E-state index is 0.299. The lowest BCUT2D eigenvalue weighted by Gasteiger charge is -2.23. The molecule has 0 radical (unpaired) electrons. The summed E-state index contributed by atoms with van der Waals surface area (Å²) in [4.78, 5) is 25.4. The highest BCUT2D eigenvalue weighted by atomic mass is 16.2. The summed E-state index contributed by atoms with van der Waals surface area (Å²) in [7, 11) is 0. The van der Waals surface area contributed by atoms with E-state index in [-0.39, 0.29) is 11.8 Å². The average molecular weight is 330 g/mol. The molecule has 0 fully saturated rings. The molecule has 0 saturated carbocycles. The van der Waals surface area contributed by atoms with Gasteiger partial charge in [-0.05, 0) is 43.3 Å². The van der Waals surface area contributed by atoms with Crippen LogP contribution in [0.25, 0.3) is 0 Å². The third kappa shape index (κ3) is 3.93. The van der Waals surface area contributed by atoms with Crippen molar-refractivity contribution in [2.45, 2.75) is 6.92 Å². The first-order chi connectivity index (χ1) is 12.1. The lowest BCUT2D eigenvalue weighted by atomic mass is 10.1. The number of anilines is 1. The van der Waals surface area contributed by atoms with Crippen molar-refractivity contribution in [3.63, 3.8) is 0 Å². The second kappa shape index (κ2) is 7.45. The zero-order chi connectivity index (χ0) is 17.6. The molecule has 0 atom stereocenters. The predicted octanol–water partition coefficient (Wildman–Crippen LogP) is 3.99. The first kappa shape index (κ1) is 16.5. The molecule has 3 rings (SSSR count). The first-order valence-corrected chi connectivity index (χ1v) is 7.97. The van der Waals surface area contributed by atoms with Gasteiger partial charge in [0.05, 0.1) is 5.69 Å². The number of benzene rings is 3. The minimum Gasteiger partial charge on any atom is -0.267 e. The van der Waals surface area contributed by atoms with Crippen molar-refractivity contribution in [3.05, 3.63) is 102 Å². The van der Waals surface area contributed by atoms with Crippen molar-refractivity contribution in [1.29, 1.82) is 0 Å². The van der Waals surface area contributed by atoms with Crippen molar-refractivity contribution >= 4 is 17.5 Å². The summed E-state index contributed by atoms with van der Waals surface area (Å²) in [5.41, 5.74) is 5.36. The number of hydrogen-bond donors (Lipinski definition) is 1. The monoisotopic (exact) mass is 330 g/mol. The van der Waals surface area contributed by atoms with Crippen molar-refractivity contribution in [2.24, 2.45) is 0 Å². The molecule has 0 saturated heterocycles. The minimum atomic E-state index is -0.340. The van der Waals surface area contributed by atoms with E-state index in [1.54, 1.807) is 48.5 Å². The summed E-state index contributed by atoms with van der Waals surface area (Å²) in [6, 6.07) is 25.1. The van der Waals surface area contributed by atoms with Crippen LogP contribution in [0.15, 0.2) is 84.9 Å². The maximum Gasteiger partial charge on any atom is 0.277 e. The maximum atomic E-state index is 12.9. The molecule has 0 aromatic heterocycles. The number of nitrogens with one attached hydrogen (secondary N) is 1. The van der Waals surface area contributed by atoms with Crippen LogP contribution in [0.5, 0.6) is 0 Å². The summed E-state index contributed by atoms with van der Waals surface area (Å²) in [6.45, 7) is 1.96. The smallest absolute Gasteiger partial charge is 0.267 e. The summed E-state index contributed by atoms with van der Waals surface area (Å²) in [5, 5.41) is 1.28. The van der Waals surface area contributed by atoms with Gasteiger partial charge in [0.2, 0.25) is 0 Å². The Bertz CT molecular complexity index is 859. The Morgan fingerprint density at radius 1 is 0.720 bits per heavy atom. The summed E-state index contributed by atoms with van der Waals surface area (Å²) < 4.78 is 0. The number of hydrazine groups is 1. The van der Waals surface area contributed by atoms with E-state index in [2.05, 4.69) is 5.43 Å². The van der Waals surface area contributed by atoms with Gasteiger partial charge in [-0.3, -0.25) is 15.0 Å². The van der Waals surface area contributed by atoms with E-state index >= 15 is 0 Å². The van der Waals surface area contributed by atoms with Gasteiger partial charge in [-0.25, -0.2) is 5.01 Å². The topological polar surface area (TPSA) is 49.4 Å². The van der Waals surface area contributed by atoms with E-state index < -0.39 is 0 Å². The van der Waals surface area contributed by atoms with Crippen LogP contribution in [-0.2, 0) is 0 Å². The molecule has 0 heterocycles. The Kier molecular flexibility index (Phi) is 4.90. The van der Waals surface area contributed by atoms with Crippen LogP contribution < -0.4 is 10.4 Å². The fourth-order valence-corrected chi connectivity index (χ4v) is 2.39. The molecular weight excluding hydrogens is 312 g/mol. The molecular formula is C21H18N2O2. The number of amides is 2. The molecule has 3 aromatic rings. The van der Waals surface area contributed by atoms with E-state index in [0.717, 1.165) is 5.56 Å². The van der Waals surface area contributed by atoms with E-state index in [0.29, 0.717) is 16.8 Å². The number of carbonyl (C=O) groups is 2. The third-order valence-corrected chi connectivity index (χ3v) is 3.77. The van der Waals surface area contributed by atoms with E-state index in [9.17, 15) is 9.59 Å². The lowest BCUT2D eigenvalue weighted by molar-refractivity contribution is 0.0887. The van der Waals surface area contributed by atoms with Crippen LogP contribution in [0.4, 0.5) is 5.69 Å². The maximum absolute atomic E-state index is 12.9. The predicted molar refractivity (Wildman–Crippen MR) is 98.3 cm³/mol. The second-order valence-corrected chi connectivity index (χ2v) is 5.65. The van der Waals surface area contributed by atoms with E-state index in [4.69, 9.17) is 0 Å². The van der Waals surface area contributed by atoms with Gasteiger partial charge in [0.1, 0.15) is 0 Å². The van der Waals surface area contributed by atoms with Gasteiger partial charge in [-0.1, -0.05) is 54.1 Å². The first-order valence-electron chi connectivity index (χ1n) is 7.97. The SMILES string of the molecule is Cc1ccc(C(=O)NN(C(=O)c2ccccc2)c2ccccc2)cc1. The normalized spacial score (nSPS) is 10.1. The van der Waals surface area contributed by atoms with Gasteiger partial charge in [-0.2, -0.15) is 0 Å². The zero-order valence-corrected chi connectivity index (χ0v) is 13.8. The molecule has 124 valence electrons. The van der Waals surface area contributed by atoms with Crippen LogP contribution in [-0.4, -0.2) is 11.8 Å². The fourth-order valence-electron chi connectivity index (χ4n) is 2.39. The molecule has 4 nitrogen and oxygen atoms in total. The number of aryl methyl sites for hydroxylation is 1. The number of nitrogens with zero attached hydrogens (tertiary/aromatic N) is 1. The Hall–Kier alpha value is -3.40.